The first-order valence-electron chi connectivity index (χ1n) is 8.53. The Balaban J connectivity index is 1.41. The van der Waals surface area contributed by atoms with Gasteiger partial charge >= 0.3 is 0 Å². The van der Waals surface area contributed by atoms with Gasteiger partial charge in [0.1, 0.15) is 0 Å². The maximum absolute atomic E-state index is 4.58. The van der Waals surface area contributed by atoms with E-state index < -0.39 is 0 Å². The van der Waals surface area contributed by atoms with E-state index in [1.165, 1.54) is 18.5 Å². The molecule has 4 nitrogen and oxygen atoms in total. The molecule has 2 aromatic carbocycles. The fraction of sp³-hybridized carbons (Fsp3) is 0.200. The van der Waals surface area contributed by atoms with E-state index in [4.69, 9.17) is 0 Å². The first kappa shape index (κ1) is 15.8. The van der Waals surface area contributed by atoms with Crippen molar-refractivity contribution in [3.05, 3.63) is 65.5 Å². The SMILES string of the molecule is C(=NNc1nc(-c2ccccc2)cs1)c1cccc(N2CCCC2)c1. The van der Waals surface area contributed by atoms with Gasteiger partial charge in [0.15, 0.2) is 0 Å². The molecule has 4 rings (SSSR count). The lowest BCUT2D eigenvalue weighted by Crippen LogP contribution is -2.17. The van der Waals surface area contributed by atoms with Crippen molar-refractivity contribution in [1.82, 2.24) is 4.98 Å². The maximum atomic E-state index is 4.58. The first-order chi connectivity index (χ1) is 12.4. The molecule has 0 atom stereocenters. The number of thiazole rings is 1. The van der Waals surface area contributed by atoms with Crippen LogP contribution in [0.15, 0.2) is 65.1 Å². The van der Waals surface area contributed by atoms with Gasteiger partial charge in [-0.25, -0.2) is 4.98 Å². The Morgan fingerprint density at radius 3 is 2.72 bits per heavy atom. The summed E-state index contributed by atoms with van der Waals surface area (Å²) in [6.45, 7) is 2.31. The van der Waals surface area contributed by atoms with Gasteiger partial charge < -0.3 is 4.90 Å². The molecule has 5 heteroatoms. The molecular weight excluding hydrogens is 328 g/mol. The number of hydrogen-bond acceptors (Lipinski definition) is 5. The van der Waals surface area contributed by atoms with E-state index in [-0.39, 0.29) is 0 Å². The quantitative estimate of drug-likeness (QED) is 0.529. The summed E-state index contributed by atoms with van der Waals surface area (Å²) < 4.78 is 0. The minimum atomic E-state index is 0.797. The van der Waals surface area contributed by atoms with Crippen molar-refractivity contribution in [3.63, 3.8) is 0 Å². The average molecular weight is 348 g/mol. The summed E-state index contributed by atoms with van der Waals surface area (Å²) in [5.74, 6) is 0. The molecule has 3 aromatic rings. The number of hydrogen-bond donors (Lipinski definition) is 1. The van der Waals surface area contributed by atoms with Crippen LogP contribution in [0.25, 0.3) is 11.3 Å². The van der Waals surface area contributed by atoms with Crippen LogP contribution in [-0.4, -0.2) is 24.3 Å². The lowest BCUT2D eigenvalue weighted by molar-refractivity contribution is 0.949. The number of benzene rings is 2. The van der Waals surface area contributed by atoms with Crippen molar-refractivity contribution in [2.75, 3.05) is 23.4 Å². The number of rotatable bonds is 5. The molecule has 1 aliphatic heterocycles. The number of anilines is 2. The number of aromatic nitrogens is 1. The van der Waals surface area contributed by atoms with E-state index in [1.807, 2.05) is 29.8 Å². The standard InChI is InChI=1S/C20H20N4S/c1-2-8-17(9-3-1)19-15-25-20(22-19)23-21-14-16-7-6-10-18(13-16)24-11-4-5-12-24/h1-3,6-10,13-15H,4-5,11-12H2,(H,22,23). The molecule has 1 aromatic heterocycles. The summed E-state index contributed by atoms with van der Waals surface area (Å²) >= 11 is 1.56. The molecule has 0 saturated carbocycles. The third-order valence-corrected chi connectivity index (χ3v) is 5.04. The smallest absolute Gasteiger partial charge is 0.203 e. The second-order valence-electron chi connectivity index (χ2n) is 6.06. The lowest BCUT2D eigenvalue weighted by atomic mass is 10.2. The third-order valence-electron chi connectivity index (χ3n) is 4.29. The van der Waals surface area contributed by atoms with Gasteiger partial charge in [-0.15, -0.1) is 11.3 Å². The Hall–Kier alpha value is -2.66. The van der Waals surface area contributed by atoms with E-state index in [2.05, 4.69) is 56.8 Å². The van der Waals surface area contributed by atoms with Crippen molar-refractivity contribution < 1.29 is 0 Å². The minimum absolute atomic E-state index is 0.797. The number of nitrogens with one attached hydrogen (secondary N) is 1. The molecule has 0 unspecified atom stereocenters. The average Bonchev–Trinajstić information content (AvgIpc) is 3.35. The zero-order valence-electron chi connectivity index (χ0n) is 13.9. The lowest BCUT2D eigenvalue weighted by Gasteiger charge is -2.17. The highest BCUT2D eigenvalue weighted by molar-refractivity contribution is 7.14. The first-order valence-corrected chi connectivity index (χ1v) is 9.41. The molecule has 0 aliphatic carbocycles. The zero-order valence-corrected chi connectivity index (χ0v) is 14.7. The van der Waals surface area contributed by atoms with Crippen LogP contribution in [-0.2, 0) is 0 Å². The van der Waals surface area contributed by atoms with Crippen LogP contribution in [0.2, 0.25) is 0 Å². The summed E-state index contributed by atoms with van der Waals surface area (Å²) in [6.07, 6.45) is 4.42. The van der Waals surface area contributed by atoms with Crippen LogP contribution in [0.1, 0.15) is 18.4 Å². The van der Waals surface area contributed by atoms with Gasteiger partial charge in [0, 0.05) is 29.7 Å². The molecule has 0 amide bonds. The molecule has 0 radical (unpaired) electrons. The second kappa shape index (κ2) is 7.49. The Labute approximate surface area is 151 Å². The largest absolute Gasteiger partial charge is 0.372 e. The Morgan fingerprint density at radius 2 is 1.88 bits per heavy atom. The van der Waals surface area contributed by atoms with Crippen molar-refractivity contribution in [3.8, 4) is 11.3 Å². The van der Waals surface area contributed by atoms with E-state index in [0.29, 0.717) is 0 Å². The van der Waals surface area contributed by atoms with Crippen molar-refractivity contribution in [2.45, 2.75) is 12.8 Å². The molecule has 0 spiro atoms. The van der Waals surface area contributed by atoms with Crippen LogP contribution < -0.4 is 10.3 Å². The van der Waals surface area contributed by atoms with Crippen molar-refractivity contribution >= 4 is 28.4 Å². The Bertz CT molecular complexity index is 851. The molecule has 1 saturated heterocycles. The van der Waals surface area contributed by atoms with Crippen molar-refractivity contribution in [1.29, 1.82) is 0 Å². The van der Waals surface area contributed by atoms with Crippen LogP contribution in [0.3, 0.4) is 0 Å². The van der Waals surface area contributed by atoms with Gasteiger partial charge in [-0.2, -0.15) is 5.10 Å². The summed E-state index contributed by atoms with van der Waals surface area (Å²) in [6, 6.07) is 18.7. The fourth-order valence-corrected chi connectivity index (χ4v) is 3.67. The molecule has 2 heterocycles. The Morgan fingerprint density at radius 1 is 1.04 bits per heavy atom. The normalized spacial score (nSPS) is 14.3. The summed E-state index contributed by atoms with van der Waals surface area (Å²) in [5, 5.41) is 7.18. The predicted octanol–water partition coefficient (Wildman–Crippen LogP) is 4.86. The highest BCUT2D eigenvalue weighted by atomic mass is 32.1. The molecule has 1 aliphatic rings. The molecular formula is C20H20N4S. The molecule has 1 fully saturated rings. The Kier molecular flexibility index (Phi) is 4.74. The van der Waals surface area contributed by atoms with E-state index in [0.717, 1.165) is 35.0 Å². The molecule has 25 heavy (non-hydrogen) atoms. The van der Waals surface area contributed by atoms with Crippen LogP contribution in [0, 0.1) is 0 Å². The maximum Gasteiger partial charge on any atom is 0.203 e. The van der Waals surface area contributed by atoms with Gasteiger partial charge in [0.25, 0.3) is 0 Å². The van der Waals surface area contributed by atoms with Gasteiger partial charge in [-0.3, -0.25) is 5.43 Å². The molecule has 1 N–H and O–H groups in total. The molecule has 0 bridgehead atoms. The second-order valence-corrected chi connectivity index (χ2v) is 6.92. The minimum Gasteiger partial charge on any atom is -0.372 e. The summed E-state index contributed by atoms with van der Waals surface area (Å²) in [5.41, 5.74) is 7.50. The van der Waals surface area contributed by atoms with E-state index in [1.54, 1.807) is 11.3 Å². The van der Waals surface area contributed by atoms with Crippen LogP contribution in [0.4, 0.5) is 10.8 Å². The zero-order chi connectivity index (χ0) is 16.9. The number of nitrogens with zero attached hydrogens (tertiary/aromatic N) is 3. The van der Waals surface area contributed by atoms with Gasteiger partial charge in [-0.05, 0) is 30.5 Å². The highest BCUT2D eigenvalue weighted by Gasteiger charge is 2.11. The van der Waals surface area contributed by atoms with Gasteiger partial charge in [0.05, 0.1) is 11.9 Å². The van der Waals surface area contributed by atoms with Crippen molar-refractivity contribution in [2.24, 2.45) is 5.10 Å². The predicted molar refractivity (Wildman–Crippen MR) is 107 cm³/mol. The van der Waals surface area contributed by atoms with E-state index in [9.17, 15) is 0 Å². The number of hydrazone groups is 1. The fourth-order valence-electron chi connectivity index (χ4n) is 3.01. The van der Waals surface area contributed by atoms with Gasteiger partial charge in [0.2, 0.25) is 5.13 Å². The van der Waals surface area contributed by atoms with Gasteiger partial charge in [-0.1, -0.05) is 42.5 Å². The van der Waals surface area contributed by atoms with Crippen LogP contribution >= 0.6 is 11.3 Å². The van der Waals surface area contributed by atoms with E-state index >= 15 is 0 Å². The topological polar surface area (TPSA) is 40.5 Å². The third kappa shape index (κ3) is 3.88. The summed E-state index contributed by atoms with van der Waals surface area (Å²) in [7, 11) is 0. The van der Waals surface area contributed by atoms with Crippen LogP contribution in [0.5, 0.6) is 0 Å². The highest BCUT2D eigenvalue weighted by Crippen LogP contribution is 2.24. The summed E-state index contributed by atoms with van der Waals surface area (Å²) in [4.78, 5) is 7.01. The molecule has 126 valence electrons. The monoisotopic (exact) mass is 348 g/mol.